The van der Waals surface area contributed by atoms with Crippen molar-refractivity contribution in [1.29, 1.82) is 0 Å². The van der Waals surface area contributed by atoms with E-state index in [0.29, 0.717) is 0 Å². The minimum Gasteiger partial charge on any atom is -0.244 e. The molecule has 2 nitrogen and oxygen atoms in total. The molecule has 1 aromatic heterocycles. The molecule has 0 amide bonds. The Kier molecular flexibility index (Phi) is 2.54. The van der Waals surface area contributed by atoms with Gasteiger partial charge in [0.2, 0.25) is 0 Å². The van der Waals surface area contributed by atoms with Gasteiger partial charge in [0.05, 0.1) is 0 Å². The topological polar surface area (TPSA) is 25.8 Å². The lowest BCUT2D eigenvalue weighted by molar-refractivity contribution is 1.14. The Morgan fingerprint density at radius 2 is 1.85 bits per heavy atom. The van der Waals surface area contributed by atoms with Crippen molar-refractivity contribution in [3.63, 3.8) is 0 Å². The highest BCUT2D eigenvalue weighted by Gasteiger charge is 2.01. The second-order valence-corrected chi connectivity index (χ2v) is 3.62. The molecular weight excluding hydrogens is 275 g/mol. The van der Waals surface area contributed by atoms with E-state index in [1.54, 1.807) is 6.33 Å². The fourth-order valence-electron chi connectivity index (χ4n) is 1.13. The van der Waals surface area contributed by atoms with Gasteiger partial charge in [0.15, 0.2) is 0 Å². The Hall–Kier alpha value is -0.970. The lowest BCUT2D eigenvalue weighted by Gasteiger charge is -2.01. The molecule has 0 aliphatic carbocycles. The number of hydrogen-bond donors (Lipinski definition) is 0. The maximum absolute atomic E-state index is 4.13. The summed E-state index contributed by atoms with van der Waals surface area (Å²) in [5.74, 6) is 0. The zero-order chi connectivity index (χ0) is 9.10. The average molecular weight is 282 g/mol. The quantitative estimate of drug-likeness (QED) is 0.593. The number of nitrogens with zero attached hydrogens (tertiary/aromatic N) is 2. The second-order valence-electron chi connectivity index (χ2n) is 2.59. The Labute approximate surface area is 90.2 Å². The van der Waals surface area contributed by atoms with E-state index in [0.717, 1.165) is 14.8 Å². The molecule has 0 bridgehead atoms. The molecule has 64 valence electrons. The predicted octanol–water partition coefficient (Wildman–Crippen LogP) is 2.75. The van der Waals surface area contributed by atoms with E-state index >= 15 is 0 Å². The first-order chi connectivity index (χ1) is 6.38. The van der Waals surface area contributed by atoms with Crippen LogP contribution in [0.15, 0.2) is 42.9 Å². The normalized spacial score (nSPS) is 9.92. The van der Waals surface area contributed by atoms with E-state index in [1.807, 2.05) is 24.4 Å². The van der Waals surface area contributed by atoms with Crippen LogP contribution < -0.4 is 0 Å². The molecule has 3 heteroatoms. The van der Waals surface area contributed by atoms with Gasteiger partial charge in [0.25, 0.3) is 0 Å². The standard InChI is InChI=1S/C10H7IN2/c11-10-9(6-12-7-13-10)8-4-2-1-3-5-8/h1-7H. The van der Waals surface area contributed by atoms with Gasteiger partial charge in [-0.25, -0.2) is 9.97 Å². The van der Waals surface area contributed by atoms with Gasteiger partial charge in [-0.05, 0) is 28.2 Å². The number of hydrogen-bond acceptors (Lipinski definition) is 2. The maximum Gasteiger partial charge on any atom is 0.116 e. The van der Waals surface area contributed by atoms with E-state index in [2.05, 4.69) is 44.7 Å². The Balaban J connectivity index is 2.54. The molecular formula is C10H7IN2. The van der Waals surface area contributed by atoms with E-state index in [-0.39, 0.29) is 0 Å². The van der Waals surface area contributed by atoms with Gasteiger partial charge in [-0.15, -0.1) is 0 Å². The van der Waals surface area contributed by atoms with Crippen LogP contribution in [0, 0.1) is 3.70 Å². The highest BCUT2D eigenvalue weighted by molar-refractivity contribution is 14.1. The smallest absolute Gasteiger partial charge is 0.116 e. The molecule has 0 N–H and O–H groups in total. The third-order valence-corrected chi connectivity index (χ3v) is 2.61. The summed E-state index contributed by atoms with van der Waals surface area (Å²) >= 11 is 2.21. The summed E-state index contributed by atoms with van der Waals surface area (Å²) in [5, 5.41) is 0. The summed E-state index contributed by atoms with van der Waals surface area (Å²) in [6.07, 6.45) is 3.40. The van der Waals surface area contributed by atoms with Crippen molar-refractivity contribution in [2.24, 2.45) is 0 Å². The number of aromatic nitrogens is 2. The Morgan fingerprint density at radius 1 is 1.08 bits per heavy atom. The van der Waals surface area contributed by atoms with Gasteiger partial charge in [0, 0.05) is 11.8 Å². The highest BCUT2D eigenvalue weighted by atomic mass is 127. The molecule has 2 rings (SSSR count). The summed E-state index contributed by atoms with van der Waals surface area (Å²) < 4.78 is 0.985. The molecule has 0 unspecified atom stereocenters. The molecule has 0 aliphatic rings. The second kappa shape index (κ2) is 3.83. The highest BCUT2D eigenvalue weighted by Crippen LogP contribution is 2.21. The molecule has 0 saturated heterocycles. The van der Waals surface area contributed by atoms with Crippen LogP contribution in [0.25, 0.3) is 11.1 Å². The van der Waals surface area contributed by atoms with Gasteiger partial charge in [0.1, 0.15) is 10.0 Å². The summed E-state index contributed by atoms with van der Waals surface area (Å²) in [7, 11) is 0. The zero-order valence-electron chi connectivity index (χ0n) is 6.81. The summed E-state index contributed by atoms with van der Waals surface area (Å²) in [6, 6.07) is 10.1. The van der Waals surface area contributed by atoms with Crippen LogP contribution in [0.2, 0.25) is 0 Å². The van der Waals surface area contributed by atoms with E-state index in [1.165, 1.54) is 0 Å². The monoisotopic (exact) mass is 282 g/mol. The summed E-state index contributed by atoms with van der Waals surface area (Å²) in [4.78, 5) is 8.14. The molecule has 0 atom stereocenters. The fourth-order valence-corrected chi connectivity index (χ4v) is 1.70. The number of rotatable bonds is 1. The van der Waals surface area contributed by atoms with Crippen molar-refractivity contribution in [2.45, 2.75) is 0 Å². The van der Waals surface area contributed by atoms with Gasteiger partial charge < -0.3 is 0 Å². The molecule has 0 radical (unpaired) electrons. The van der Waals surface area contributed by atoms with Crippen LogP contribution in [0.4, 0.5) is 0 Å². The molecule has 0 fully saturated rings. The van der Waals surface area contributed by atoms with Crippen LogP contribution in [0.3, 0.4) is 0 Å². The van der Waals surface area contributed by atoms with Crippen molar-refractivity contribution in [3.8, 4) is 11.1 Å². The first kappa shape index (κ1) is 8.62. The van der Waals surface area contributed by atoms with E-state index < -0.39 is 0 Å². The largest absolute Gasteiger partial charge is 0.244 e. The van der Waals surface area contributed by atoms with Gasteiger partial charge >= 0.3 is 0 Å². The lowest BCUT2D eigenvalue weighted by Crippen LogP contribution is -1.87. The number of halogens is 1. The number of benzene rings is 1. The average Bonchev–Trinajstić information content (AvgIpc) is 2.20. The minimum atomic E-state index is 0.985. The third-order valence-electron chi connectivity index (χ3n) is 1.75. The Bertz CT molecular complexity index is 401. The van der Waals surface area contributed by atoms with Crippen molar-refractivity contribution in [2.75, 3.05) is 0 Å². The van der Waals surface area contributed by atoms with Crippen LogP contribution in [0.5, 0.6) is 0 Å². The molecule has 1 heterocycles. The molecule has 2 aromatic rings. The maximum atomic E-state index is 4.13. The third kappa shape index (κ3) is 1.85. The molecule has 13 heavy (non-hydrogen) atoms. The molecule has 0 aliphatic heterocycles. The first-order valence-corrected chi connectivity index (χ1v) is 4.97. The molecule has 1 aromatic carbocycles. The summed E-state index contributed by atoms with van der Waals surface area (Å²) in [5.41, 5.74) is 2.25. The van der Waals surface area contributed by atoms with Gasteiger partial charge in [-0.1, -0.05) is 30.3 Å². The van der Waals surface area contributed by atoms with Crippen molar-refractivity contribution in [3.05, 3.63) is 46.6 Å². The van der Waals surface area contributed by atoms with E-state index in [9.17, 15) is 0 Å². The minimum absolute atomic E-state index is 0.985. The zero-order valence-corrected chi connectivity index (χ0v) is 8.97. The van der Waals surface area contributed by atoms with Crippen LogP contribution >= 0.6 is 22.6 Å². The van der Waals surface area contributed by atoms with Gasteiger partial charge in [-0.3, -0.25) is 0 Å². The summed E-state index contributed by atoms with van der Waals surface area (Å²) in [6.45, 7) is 0. The first-order valence-electron chi connectivity index (χ1n) is 3.89. The molecule has 0 saturated carbocycles. The Morgan fingerprint density at radius 3 is 2.54 bits per heavy atom. The van der Waals surface area contributed by atoms with Crippen molar-refractivity contribution in [1.82, 2.24) is 9.97 Å². The van der Waals surface area contributed by atoms with Crippen molar-refractivity contribution < 1.29 is 0 Å². The van der Waals surface area contributed by atoms with Crippen LogP contribution in [0.1, 0.15) is 0 Å². The van der Waals surface area contributed by atoms with Crippen LogP contribution in [-0.2, 0) is 0 Å². The SMILES string of the molecule is Ic1ncncc1-c1ccccc1. The predicted molar refractivity (Wildman–Crippen MR) is 60.2 cm³/mol. The van der Waals surface area contributed by atoms with Gasteiger partial charge in [-0.2, -0.15) is 0 Å². The van der Waals surface area contributed by atoms with E-state index in [4.69, 9.17) is 0 Å². The van der Waals surface area contributed by atoms with Crippen LogP contribution in [-0.4, -0.2) is 9.97 Å². The fraction of sp³-hybridized carbons (Fsp3) is 0. The lowest BCUT2D eigenvalue weighted by atomic mass is 10.1. The van der Waals surface area contributed by atoms with Crippen molar-refractivity contribution >= 4 is 22.6 Å². The molecule has 0 spiro atoms.